The molecule has 0 unspecified atom stereocenters. The molecule has 0 amide bonds. The maximum Gasteiger partial charge on any atom is 0.110 e. The van der Waals surface area contributed by atoms with Gasteiger partial charge in [-0.2, -0.15) is 5.26 Å². The van der Waals surface area contributed by atoms with Crippen LogP contribution in [0.3, 0.4) is 0 Å². The van der Waals surface area contributed by atoms with Crippen LogP contribution >= 0.6 is 0 Å². The summed E-state index contributed by atoms with van der Waals surface area (Å²) < 4.78 is 0. The van der Waals surface area contributed by atoms with Gasteiger partial charge in [-0.05, 0) is 19.3 Å². The van der Waals surface area contributed by atoms with Gasteiger partial charge in [0.05, 0.1) is 12.5 Å². The molecule has 0 atom stereocenters. The van der Waals surface area contributed by atoms with Crippen molar-refractivity contribution in [2.45, 2.75) is 25.7 Å². The first kappa shape index (κ1) is 8.06. The third-order valence-corrected chi connectivity index (χ3v) is 1.98. The summed E-state index contributed by atoms with van der Waals surface area (Å²) in [5, 5.41) is 15.8. The van der Waals surface area contributed by atoms with Crippen LogP contribution in [-0.4, -0.2) is 23.8 Å². The van der Waals surface area contributed by atoms with E-state index in [4.69, 9.17) is 10.7 Å². The molecule has 1 fully saturated rings. The molecule has 1 N–H and O–H groups in total. The van der Waals surface area contributed by atoms with Gasteiger partial charge in [-0.25, -0.2) is 0 Å². The monoisotopic (exact) mass is 151 g/mol. The molecule has 3 heteroatoms. The van der Waals surface area contributed by atoms with E-state index in [1.807, 2.05) is 11.0 Å². The highest BCUT2D eigenvalue weighted by Gasteiger charge is 2.12. The maximum absolute atomic E-state index is 8.35. The minimum absolute atomic E-state index is 0.264. The first-order valence-corrected chi connectivity index (χ1v) is 4.04. The van der Waals surface area contributed by atoms with Crippen LogP contribution in [0.5, 0.6) is 0 Å². The molecule has 1 rings (SSSR count). The van der Waals surface area contributed by atoms with E-state index in [1.165, 1.54) is 19.3 Å². The Morgan fingerprint density at radius 2 is 2.00 bits per heavy atom. The molecule has 1 heterocycles. The summed E-state index contributed by atoms with van der Waals surface area (Å²) in [5.41, 5.74) is 0. The fraction of sp³-hybridized carbons (Fsp3) is 0.750. The Morgan fingerprint density at radius 1 is 1.36 bits per heavy atom. The third-order valence-electron chi connectivity index (χ3n) is 1.98. The van der Waals surface area contributed by atoms with Crippen LogP contribution in [0.15, 0.2) is 0 Å². The number of amidine groups is 1. The Bertz CT molecular complexity index is 174. The van der Waals surface area contributed by atoms with E-state index in [0.717, 1.165) is 13.1 Å². The van der Waals surface area contributed by atoms with Crippen molar-refractivity contribution in [3.63, 3.8) is 0 Å². The summed E-state index contributed by atoms with van der Waals surface area (Å²) in [5.74, 6) is 0.493. The van der Waals surface area contributed by atoms with Gasteiger partial charge in [-0.3, -0.25) is 5.41 Å². The first-order chi connectivity index (χ1) is 5.34. The van der Waals surface area contributed by atoms with Gasteiger partial charge in [-0.1, -0.05) is 0 Å². The van der Waals surface area contributed by atoms with Crippen LogP contribution in [0, 0.1) is 16.7 Å². The Balaban J connectivity index is 2.34. The van der Waals surface area contributed by atoms with E-state index in [2.05, 4.69) is 0 Å². The van der Waals surface area contributed by atoms with Crippen molar-refractivity contribution in [1.29, 1.82) is 10.7 Å². The first-order valence-electron chi connectivity index (χ1n) is 4.04. The number of rotatable bonds is 1. The lowest BCUT2D eigenvalue weighted by Gasteiger charge is -2.27. The topological polar surface area (TPSA) is 50.9 Å². The van der Waals surface area contributed by atoms with E-state index in [-0.39, 0.29) is 6.42 Å². The summed E-state index contributed by atoms with van der Waals surface area (Å²) >= 11 is 0. The third kappa shape index (κ3) is 2.23. The molecule has 0 aromatic heterocycles. The number of piperidine rings is 1. The Morgan fingerprint density at radius 3 is 2.55 bits per heavy atom. The average molecular weight is 151 g/mol. The van der Waals surface area contributed by atoms with Crippen LogP contribution in [0.25, 0.3) is 0 Å². The predicted octanol–water partition coefficient (Wildman–Crippen LogP) is 1.36. The van der Waals surface area contributed by atoms with E-state index in [0.29, 0.717) is 5.84 Å². The van der Waals surface area contributed by atoms with Crippen LogP contribution in [0.2, 0.25) is 0 Å². The van der Waals surface area contributed by atoms with Crippen molar-refractivity contribution in [2.24, 2.45) is 0 Å². The largest absolute Gasteiger partial charge is 0.360 e. The fourth-order valence-corrected chi connectivity index (χ4v) is 1.35. The minimum Gasteiger partial charge on any atom is -0.360 e. The second kappa shape index (κ2) is 3.97. The van der Waals surface area contributed by atoms with Gasteiger partial charge in [0.15, 0.2) is 0 Å². The molecule has 0 radical (unpaired) electrons. The highest BCUT2D eigenvalue weighted by Crippen LogP contribution is 2.09. The van der Waals surface area contributed by atoms with Gasteiger partial charge in [0.2, 0.25) is 0 Å². The normalized spacial score (nSPS) is 17.5. The van der Waals surface area contributed by atoms with Gasteiger partial charge in [0.25, 0.3) is 0 Å². The van der Waals surface area contributed by atoms with Crippen LogP contribution in [-0.2, 0) is 0 Å². The molecule has 1 saturated heterocycles. The smallest absolute Gasteiger partial charge is 0.110 e. The second-order valence-electron chi connectivity index (χ2n) is 2.83. The summed E-state index contributed by atoms with van der Waals surface area (Å²) in [7, 11) is 0. The molecule has 0 spiro atoms. The summed E-state index contributed by atoms with van der Waals surface area (Å²) in [6.07, 6.45) is 3.89. The van der Waals surface area contributed by atoms with Gasteiger partial charge in [0, 0.05) is 13.1 Å². The van der Waals surface area contributed by atoms with Gasteiger partial charge >= 0.3 is 0 Å². The average Bonchev–Trinajstić information content (AvgIpc) is 2.07. The molecule has 1 aliphatic heterocycles. The molecule has 11 heavy (non-hydrogen) atoms. The Hall–Kier alpha value is -1.04. The number of hydrogen-bond donors (Lipinski definition) is 1. The lowest BCUT2D eigenvalue weighted by molar-refractivity contribution is 0.337. The lowest BCUT2D eigenvalue weighted by atomic mass is 10.1. The Labute approximate surface area is 67.1 Å². The molecular formula is C8H13N3. The quantitative estimate of drug-likeness (QED) is 0.454. The van der Waals surface area contributed by atoms with E-state index in [1.54, 1.807) is 0 Å². The van der Waals surface area contributed by atoms with Crippen LogP contribution < -0.4 is 0 Å². The fourth-order valence-electron chi connectivity index (χ4n) is 1.35. The number of hydrogen-bond acceptors (Lipinski definition) is 2. The molecule has 3 nitrogen and oxygen atoms in total. The van der Waals surface area contributed by atoms with E-state index < -0.39 is 0 Å². The molecule has 0 aromatic carbocycles. The summed E-state index contributed by atoms with van der Waals surface area (Å²) in [6, 6.07) is 2.00. The van der Waals surface area contributed by atoms with Crippen LogP contribution in [0.1, 0.15) is 25.7 Å². The Kier molecular flexibility index (Phi) is 2.91. The molecule has 0 aliphatic carbocycles. The van der Waals surface area contributed by atoms with Crippen molar-refractivity contribution in [1.82, 2.24) is 4.90 Å². The number of nitrogens with zero attached hydrogens (tertiary/aromatic N) is 2. The molecule has 0 aromatic rings. The van der Waals surface area contributed by atoms with Gasteiger partial charge < -0.3 is 4.90 Å². The van der Waals surface area contributed by atoms with Gasteiger partial charge in [-0.15, -0.1) is 0 Å². The van der Waals surface area contributed by atoms with Crippen molar-refractivity contribution >= 4 is 5.84 Å². The van der Waals surface area contributed by atoms with Crippen LogP contribution in [0.4, 0.5) is 0 Å². The van der Waals surface area contributed by atoms with Gasteiger partial charge in [0.1, 0.15) is 5.84 Å². The van der Waals surface area contributed by atoms with E-state index in [9.17, 15) is 0 Å². The van der Waals surface area contributed by atoms with Crippen molar-refractivity contribution in [2.75, 3.05) is 13.1 Å². The number of nitrogens with one attached hydrogen (secondary N) is 1. The summed E-state index contributed by atoms with van der Waals surface area (Å²) in [6.45, 7) is 1.95. The maximum atomic E-state index is 8.35. The highest BCUT2D eigenvalue weighted by molar-refractivity contribution is 5.81. The minimum atomic E-state index is 0.264. The predicted molar refractivity (Wildman–Crippen MR) is 43.4 cm³/mol. The molecule has 0 bridgehead atoms. The number of nitriles is 1. The molecule has 1 aliphatic rings. The lowest BCUT2D eigenvalue weighted by Crippen LogP contribution is -2.34. The van der Waals surface area contributed by atoms with Crippen molar-refractivity contribution in [3.05, 3.63) is 0 Å². The zero-order valence-corrected chi connectivity index (χ0v) is 6.64. The zero-order chi connectivity index (χ0) is 8.10. The van der Waals surface area contributed by atoms with Crippen molar-refractivity contribution < 1.29 is 0 Å². The SMILES string of the molecule is N#CCC(=N)N1CCCCC1. The molecule has 60 valence electrons. The molecule has 0 saturated carbocycles. The highest BCUT2D eigenvalue weighted by atomic mass is 15.2. The van der Waals surface area contributed by atoms with Crippen molar-refractivity contribution in [3.8, 4) is 6.07 Å². The zero-order valence-electron chi connectivity index (χ0n) is 6.64. The molecular weight excluding hydrogens is 138 g/mol. The summed E-state index contributed by atoms with van der Waals surface area (Å²) in [4.78, 5) is 2.01. The van der Waals surface area contributed by atoms with E-state index >= 15 is 0 Å². The standard InChI is InChI=1S/C8H13N3/c9-5-4-8(10)11-6-2-1-3-7-11/h10H,1-4,6-7H2. The second-order valence-corrected chi connectivity index (χ2v) is 2.83. The number of likely N-dealkylation sites (tertiary alicyclic amines) is 1.